The van der Waals surface area contributed by atoms with E-state index in [0.717, 1.165) is 0 Å². The normalized spacial score (nSPS) is 12.1. The summed E-state index contributed by atoms with van der Waals surface area (Å²) in [6.07, 6.45) is 0. The number of hydrogen-bond acceptors (Lipinski definition) is 1. The Labute approximate surface area is 257 Å². The largest absolute Gasteiger partial charge is 0.308 e. The predicted octanol–water partition coefficient (Wildman–Crippen LogP) is 12.3. The van der Waals surface area contributed by atoms with Crippen molar-refractivity contribution < 1.29 is 0 Å². The van der Waals surface area contributed by atoms with Gasteiger partial charge in [-0.05, 0) is 56.9 Å². The molecule has 10 rings (SSSR count). The molecule has 0 aliphatic carbocycles. The van der Waals surface area contributed by atoms with E-state index < -0.39 is 0 Å². The number of rotatable bonds is 2. The lowest BCUT2D eigenvalue weighted by atomic mass is 9.89. The van der Waals surface area contributed by atoms with Crippen LogP contribution in [0.2, 0.25) is 0 Å². The summed E-state index contributed by atoms with van der Waals surface area (Å²) < 4.78 is 5.18. The number of hydrogen-bond donors (Lipinski definition) is 0. The average molecular weight is 576 g/mol. The van der Waals surface area contributed by atoms with Gasteiger partial charge in [0.25, 0.3) is 0 Å². The van der Waals surface area contributed by atoms with Crippen LogP contribution >= 0.6 is 11.3 Å². The van der Waals surface area contributed by atoms with Crippen LogP contribution in [0.25, 0.3) is 91.1 Å². The molecule has 0 aliphatic heterocycles. The molecule has 2 heterocycles. The van der Waals surface area contributed by atoms with Crippen molar-refractivity contribution in [2.75, 3.05) is 0 Å². The maximum atomic E-state index is 2.51. The average Bonchev–Trinajstić information content (AvgIpc) is 3.65. The molecule has 2 aromatic heterocycles. The summed E-state index contributed by atoms with van der Waals surface area (Å²) in [5, 5.41) is 13.3. The molecule has 0 radical (unpaired) electrons. The van der Waals surface area contributed by atoms with E-state index in [1.165, 1.54) is 91.1 Å². The second kappa shape index (κ2) is 9.03. The van der Waals surface area contributed by atoms with E-state index >= 15 is 0 Å². The molecule has 0 bridgehead atoms. The van der Waals surface area contributed by atoms with Gasteiger partial charge in [-0.15, -0.1) is 11.3 Å². The van der Waals surface area contributed by atoms with Crippen LogP contribution in [0.1, 0.15) is 0 Å². The van der Waals surface area contributed by atoms with Gasteiger partial charge in [0.2, 0.25) is 0 Å². The quantitative estimate of drug-likeness (QED) is 0.181. The Morgan fingerprint density at radius 3 is 1.59 bits per heavy atom. The van der Waals surface area contributed by atoms with Crippen molar-refractivity contribution in [3.63, 3.8) is 0 Å². The number of thiophene rings is 1. The molecule has 0 spiro atoms. The maximum absolute atomic E-state index is 2.51. The number of nitrogens with zero attached hydrogens (tertiary/aromatic N) is 1. The minimum Gasteiger partial charge on any atom is -0.308 e. The van der Waals surface area contributed by atoms with Crippen LogP contribution in [-0.2, 0) is 0 Å². The van der Waals surface area contributed by atoms with Crippen LogP contribution in [0.5, 0.6) is 0 Å². The summed E-state index contributed by atoms with van der Waals surface area (Å²) in [6.45, 7) is 0. The highest BCUT2D eigenvalue weighted by Crippen LogP contribution is 2.51. The molecule has 0 saturated carbocycles. The molecule has 0 unspecified atom stereocenters. The Kier molecular flexibility index (Phi) is 4.94. The van der Waals surface area contributed by atoms with E-state index in [0.29, 0.717) is 0 Å². The van der Waals surface area contributed by atoms with Gasteiger partial charge in [-0.2, -0.15) is 0 Å². The lowest BCUT2D eigenvalue weighted by molar-refractivity contribution is 1.19. The second-order valence-electron chi connectivity index (χ2n) is 11.6. The summed E-state index contributed by atoms with van der Waals surface area (Å²) in [7, 11) is 0. The zero-order valence-corrected chi connectivity index (χ0v) is 24.6. The minimum atomic E-state index is 1.18. The van der Waals surface area contributed by atoms with Gasteiger partial charge in [0.1, 0.15) is 0 Å². The molecule has 2 heteroatoms. The van der Waals surface area contributed by atoms with Crippen molar-refractivity contribution >= 4 is 85.6 Å². The van der Waals surface area contributed by atoms with Crippen molar-refractivity contribution in [3.8, 4) is 16.8 Å². The second-order valence-corrected chi connectivity index (χ2v) is 12.7. The third kappa shape index (κ3) is 3.18. The van der Waals surface area contributed by atoms with E-state index in [4.69, 9.17) is 0 Å². The van der Waals surface area contributed by atoms with Gasteiger partial charge in [-0.25, -0.2) is 0 Å². The maximum Gasteiger partial charge on any atom is 0.0726 e. The molecule has 44 heavy (non-hydrogen) atoms. The van der Waals surface area contributed by atoms with Crippen molar-refractivity contribution in [2.45, 2.75) is 0 Å². The third-order valence-electron chi connectivity index (χ3n) is 9.35. The zero-order valence-electron chi connectivity index (χ0n) is 23.8. The smallest absolute Gasteiger partial charge is 0.0726 e. The fourth-order valence-electron chi connectivity index (χ4n) is 7.53. The standard InChI is InChI=1S/C42H25NS/c1-2-12-26(13-3-1)27-22-24-28(25-23-27)43-35-20-10-8-18-33(35)39-37-31-16-6-4-14-29(31)30-15-5-7-17-32(30)38(37)40-34-19-9-11-21-36(34)44-42(40)41(39)43/h1-25H. The van der Waals surface area contributed by atoms with Gasteiger partial charge in [0.05, 0.1) is 15.7 Å². The fraction of sp³-hybridized carbons (Fsp3) is 0. The molecule has 0 N–H and O–H groups in total. The lowest BCUT2D eigenvalue weighted by Crippen LogP contribution is -1.94. The van der Waals surface area contributed by atoms with Gasteiger partial charge in [-0.1, -0.05) is 127 Å². The van der Waals surface area contributed by atoms with Crippen LogP contribution in [0.3, 0.4) is 0 Å². The monoisotopic (exact) mass is 575 g/mol. The first kappa shape index (κ1) is 24.0. The molecule has 0 amide bonds. The predicted molar refractivity (Wildman–Crippen MR) is 192 cm³/mol. The molecular formula is C42H25NS. The van der Waals surface area contributed by atoms with Crippen molar-refractivity contribution in [2.24, 2.45) is 0 Å². The van der Waals surface area contributed by atoms with E-state index in [9.17, 15) is 0 Å². The van der Waals surface area contributed by atoms with Crippen LogP contribution in [0.4, 0.5) is 0 Å². The molecule has 8 aromatic carbocycles. The van der Waals surface area contributed by atoms with Gasteiger partial charge in [-0.3, -0.25) is 0 Å². The van der Waals surface area contributed by atoms with Gasteiger partial charge in [0, 0.05) is 42.7 Å². The number of benzene rings is 8. The van der Waals surface area contributed by atoms with Gasteiger partial charge in [0.15, 0.2) is 0 Å². The number of aromatic nitrogens is 1. The minimum absolute atomic E-state index is 1.18. The van der Waals surface area contributed by atoms with E-state index in [2.05, 4.69) is 156 Å². The van der Waals surface area contributed by atoms with Crippen LogP contribution in [0.15, 0.2) is 152 Å². The first-order chi connectivity index (χ1) is 21.9. The highest BCUT2D eigenvalue weighted by atomic mass is 32.1. The highest BCUT2D eigenvalue weighted by molar-refractivity contribution is 7.27. The Morgan fingerprint density at radius 1 is 0.364 bits per heavy atom. The first-order valence-electron chi connectivity index (χ1n) is 15.1. The van der Waals surface area contributed by atoms with Gasteiger partial charge < -0.3 is 4.57 Å². The zero-order chi connectivity index (χ0) is 28.8. The van der Waals surface area contributed by atoms with E-state index in [1.807, 2.05) is 11.3 Å². The molecule has 0 saturated heterocycles. The summed E-state index contributed by atoms with van der Waals surface area (Å²) in [6, 6.07) is 55.6. The fourth-order valence-corrected chi connectivity index (χ4v) is 8.78. The molecule has 204 valence electrons. The number of para-hydroxylation sites is 1. The SMILES string of the molecule is c1ccc(-c2ccc(-n3c4ccccc4c4c5c6ccccc6c6ccccc6c5c5c6ccccc6sc5c43)cc2)cc1. The molecule has 0 fully saturated rings. The summed E-state index contributed by atoms with van der Waals surface area (Å²) >= 11 is 1.92. The van der Waals surface area contributed by atoms with E-state index in [1.54, 1.807) is 0 Å². The van der Waals surface area contributed by atoms with Crippen molar-refractivity contribution in [1.29, 1.82) is 0 Å². The number of fused-ring (bicyclic) bond motifs is 15. The third-order valence-corrected chi connectivity index (χ3v) is 10.5. The topological polar surface area (TPSA) is 4.93 Å². The summed E-state index contributed by atoms with van der Waals surface area (Å²) in [4.78, 5) is 0. The van der Waals surface area contributed by atoms with Crippen LogP contribution < -0.4 is 0 Å². The first-order valence-corrected chi connectivity index (χ1v) is 15.9. The molecule has 10 aromatic rings. The van der Waals surface area contributed by atoms with E-state index in [-0.39, 0.29) is 0 Å². The lowest BCUT2D eigenvalue weighted by Gasteiger charge is -2.15. The molecule has 1 nitrogen and oxygen atoms in total. The Bertz CT molecular complexity index is 2750. The Morgan fingerprint density at radius 2 is 0.886 bits per heavy atom. The Hall–Kier alpha value is -5.44. The summed E-state index contributed by atoms with van der Waals surface area (Å²) in [5.41, 5.74) is 6.17. The summed E-state index contributed by atoms with van der Waals surface area (Å²) in [5.74, 6) is 0. The molecule has 0 aliphatic rings. The Balaban J connectivity index is 1.48. The van der Waals surface area contributed by atoms with Crippen molar-refractivity contribution in [3.05, 3.63) is 152 Å². The van der Waals surface area contributed by atoms with Crippen LogP contribution in [-0.4, -0.2) is 4.57 Å². The molecular weight excluding hydrogens is 551 g/mol. The highest BCUT2D eigenvalue weighted by Gasteiger charge is 2.24. The van der Waals surface area contributed by atoms with Gasteiger partial charge >= 0.3 is 0 Å². The van der Waals surface area contributed by atoms with Crippen LogP contribution in [0, 0.1) is 0 Å². The van der Waals surface area contributed by atoms with Crippen molar-refractivity contribution in [1.82, 2.24) is 4.57 Å². The molecule has 0 atom stereocenters.